The molecule has 0 bridgehead atoms. The maximum absolute atomic E-state index is 11.6. The highest BCUT2D eigenvalue weighted by molar-refractivity contribution is 5.85. The Morgan fingerprint density at radius 3 is 2.56 bits per heavy atom. The van der Waals surface area contributed by atoms with Crippen molar-refractivity contribution in [3.8, 4) is 0 Å². The third-order valence-corrected chi connectivity index (χ3v) is 3.66. The molecule has 2 N–H and O–H groups in total. The van der Waals surface area contributed by atoms with Crippen LogP contribution in [0, 0.1) is 5.92 Å². The van der Waals surface area contributed by atoms with E-state index in [2.05, 4.69) is 10.6 Å². The number of halogens is 1. The molecule has 1 saturated carbocycles. The molecule has 94 valence electrons. The van der Waals surface area contributed by atoms with Gasteiger partial charge in [-0.3, -0.25) is 4.79 Å². The highest BCUT2D eigenvalue weighted by atomic mass is 35.5. The quantitative estimate of drug-likeness (QED) is 0.795. The molecule has 0 aromatic rings. The van der Waals surface area contributed by atoms with Gasteiger partial charge in [0.15, 0.2) is 0 Å². The monoisotopic (exact) mass is 246 g/mol. The molecule has 2 aliphatic rings. The molecule has 1 aliphatic heterocycles. The fraction of sp³-hybridized carbons (Fsp3) is 0.917. The van der Waals surface area contributed by atoms with Gasteiger partial charge in [0.25, 0.3) is 0 Å². The van der Waals surface area contributed by atoms with Crippen molar-refractivity contribution in [2.24, 2.45) is 5.92 Å². The van der Waals surface area contributed by atoms with Gasteiger partial charge in [-0.25, -0.2) is 0 Å². The van der Waals surface area contributed by atoms with Gasteiger partial charge in [0.1, 0.15) is 0 Å². The minimum atomic E-state index is 0. The Bertz CT molecular complexity index is 211. The summed E-state index contributed by atoms with van der Waals surface area (Å²) in [4.78, 5) is 11.6. The van der Waals surface area contributed by atoms with Crippen LogP contribution < -0.4 is 10.6 Å². The van der Waals surface area contributed by atoms with E-state index in [4.69, 9.17) is 0 Å². The van der Waals surface area contributed by atoms with Crippen LogP contribution in [0.1, 0.15) is 44.9 Å². The number of amides is 1. The maximum Gasteiger partial charge on any atom is 0.220 e. The summed E-state index contributed by atoms with van der Waals surface area (Å²) < 4.78 is 0. The van der Waals surface area contributed by atoms with Crippen molar-refractivity contribution in [1.29, 1.82) is 0 Å². The Hall–Kier alpha value is -0.280. The van der Waals surface area contributed by atoms with E-state index in [1.54, 1.807) is 0 Å². The Balaban J connectivity index is 0.00000128. The second-order valence-corrected chi connectivity index (χ2v) is 4.95. The zero-order valence-electron chi connectivity index (χ0n) is 9.84. The van der Waals surface area contributed by atoms with Crippen molar-refractivity contribution in [1.82, 2.24) is 10.6 Å². The average Bonchev–Trinajstić information content (AvgIpc) is 2.86. The van der Waals surface area contributed by atoms with Crippen LogP contribution >= 0.6 is 12.4 Å². The summed E-state index contributed by atoms with van der Waals surface area (Å²) in [5.74, 6) is 0.928. The van der Waals surface area contributed by atoms with Crippen molar-refractivity contribution >= 4 is 18.3 Å². The molecule has 0 aromatic carbocycles. The largest absolute Gasteiger partial charge is 0.355 e. The minimum absolute atomic E-state index is 0. The van der Waals surface area contributed by atoms with Gasteiger partial charge in [0.2, 0.25) is 5.91 Å². The lowest BCUT2D eigenvalue weighted by Crippen LogP contribution is -2.37. The van der Waals surface area contributed by atoms with Crippen LogP contribution in [0.25, 0.3) is 0 Å². The van der Waals surface area contributed by atoms with Gasteiger partial charge in [-0.1, -0.05) is 12.8 Å². The van der Waals surface area contributed by atoms with Gasteiger partial charge in [-0.05, 0) is 38.1 Å². The topological polar surface area (TPSA) is 41.1 Å². The van der Waals surface area contributed by atoms with Gasteiger partial charge in [-0.15, -0.1) is 12.4 Å². The number of hydrogen-bond acceptors (Lipinski definition) is 2. The molecule has 3 nitrogen and oxygen atoms in total. The van der Waals surface area contributed by atoms with Crippen molar-refractivity contribution in [3.05, 3.63) is 0 Å². The first-order chi connectivity index (χ1) is 7.34. The molecular formula is C12H23ClN2O. The van der Waals surface area contributed by atoms with Crippen LogP contribution in [-0.2, 0) is 4.79 Å². The number of rotatable bonds is 4. The first-order valence-corrected chi connectivity index (χ1v) is 6.34. The molecule has 1 atom stereocenters. The zero-order valence-corrected chi connectivity index (χ0v) is 10.7. The summed E-state index contributed by atoms with van der Waals surface area (Å²) >= 11 is 0. The molecule has 0 spiro atoms. The highest BCUT2D eigenvalue weighted by Gasteiger charge is 2.19. The summed E-state index contributed by atoms with van der Waals surface area (Å²) in [6.07, 6.45) is 8.38. The van der Waals surface area contributed by atoms with Gasteiger partial charge >= 0.3 is 0 Å². The Morgan fingerprint density at radius 2 is 1.94 bits per heavy atom. The van der Waals surface area contributed by atoms with Crippen molar-refractivity contribution in [2.75, 3.05) is 13.1 Å². The fourth-order valence-electron chi connectivity index (χ4n) is 2.72. The summed E-state index contributed by atoms with van der Waals surface area (Å²) in [6.45, 7) is 1.94. The van der Waals surface area contributed by atoms with Crippen molar-refractivity contribution in [3.63, 3.8) is 0 Å². The highest BCUT2D eigenvalue weighted by Crippen LogP contribution is 2.27. The van der Waals surface area contributed by atoms with E-state index in [9.17, 15) is 4.79 Å². The van der Waals surface area contributed by atoms with E-state index in [0.717, 1.165) is 19.5 Å². The third-order valence-electron chi connectivity index (χ3n) is 3.66. The van der Waals surface area contributed by atoms with Crippen LogP contribution in [0.2, 0.25) is 0 Å². The predicted molar refractivity (Wildman–Crippen MR) is 67.9 cm³/mol. The van der Waals surface area contributed by atoms with E-state index in [1.165, 1.54) is 38.5 Å². The first-order valence-electron chi connectivity index (χ1n) is 6.34. The third kappa shape index (κ3) is 4.30. The lowest BCUT2D eigenvalue weighted by molar-refractivity contribution is -0.122. The fourth-order valence-corrected chi connectivity index (χ4v) is 2.72. The van der Waals surface area contributed by atoms with Crippen LogP contribution in [0.4, 0.5) is 0 Å². The molecule has 16 heavy (non-hydrogen) atoms. The van der Waals surface area contributed by atoms with Gasteiger partial charge in [-0.2, -0.15) is 0 Å². The van der Waals surface area contributed by atoms with E-state index in [-0.39, 0.29) is 18.3 Å². The van der Waals surface area contributed by atoms with E-state index in [1.807, 2.05) is 0 Å². The zero-order chi connectivity index (χ0) is 10.5. The summed E-state index contributed by atoms with van der Waals surface area (Å²) in [5.41, 5.74) is 0. The number of nitrogens with one attached hydrogen (secondary N) is 2. The Kier molecular flexibility index (Phi) is 6.14. The maximum atomic E-state index is 11.6. The van der Waals surface area contributed by atoms with Crippen molar-refractivity contribution in [2.45, 2.75) is 51.0 Å². The molecule has 2 fully saturated rings. The van der Waals surface area contributed by atoms with Gasteiger partial charge in [0.05, 0.1) is 0 Å². The van der Waals surface area contributed by atoms with E-state index < -0.39 is 0 Å². The Labute approximate surface area is 104 Å². The molecule has 2 rings (SSSR count). The standard InChI is InChI=1S/C12H22N2O.ClH/c15-12(8-10-4-1-2-5-10)14-9-11-6-3-7-13-11;/h10-11,13H,1-9H2,(H,14,15);1H. The molecule has 1 saturated heterocycles. The molecular weight excluding hydrogens is 224 g/mol. The van der Waals surface area contributed by atoms with E-state index >= 15 is 0 Å². The van der Waals surface area contributed by atoms with Crippen LogP contribution in [0.3, 0.4) is 0 Å². The van der Waals surface area contributed by atoms with Gasteiger partial charge in [0, 0.05) is 19.0 Å². The number of carbonyl (C=O) groups is 1. The van der Waals surface area contributed by atoms with Crippen molar-refractivity contribution < 1.29 is 4.79 Å². The molecule has 1 heterocycles. The Morgan fingerprint density at radius 1 is 1.19 bits per heavy atom. The molecule has 4 heteroatoms. The van der Waals surface area contributed by atoms with Gasteiger partial charge < -0.3 is 10.6 Å². The number of hydrogen-bond donors (Lipinski definition) is 2. The minimum Gasteiger partial charge on any atom is -0.355 e. The molecule has 1 aliphatic carbocycles. The number of carbonyl (C=O) groups excluding carboxylic acids is 1. The van der Waals surface area contributed by atoms with Crippen LogP contribution in [0.5, 0.6) is 0 Å². The molecule has 0 aromatic heterocycles. The summed E-state index contributed by atoms with van der Waals surface area (Å²) in [6, 6.07) is 0.525. The first kappa shape index (κ1) is 13.8. The van der Waals surface area contributed by atoms with Crippen LogP contribution in [-0.4, -0.2) is 25.0 Å². The lowest BCUT2D eigenvalue weighted by Gasteiger charge is -2.13. The van der Waals surface area contributed by atoms with E-state index in [0.29, 0.717) is 12.0 Å². The average molecular weight is 247 g/mol. The second-order valence-electron chi connectivity index (χ2n) is 4.95. The van der Waals surface area contributed by atoms with Crippen LogP contribution in [0.15, 0.2) is 0 Å². The second kappa shape index (κ2) is 7.13. The summed E-state index contributed by atoms with van der Waals surface area (Å²) in [7, 11) is 0. The molecule has 0 radical (unpaired) electrons. The summed E-state index contributed by atoms with van der Waals surface area (Å²) in [5, 5.41) is 6.44. The molecule has 1 amide bonds. The predicted octanol–water partition coefficient (Wildman–Crippen LogP) is 1.86. The lowest BCUT2D eigenvalue weighted by atomic mass is 10.0. The smallest absolute Gasteiger partial charge is 0.220 e. The normalized spacial score (nSPS) is 25.4. The SMILES string of the molecule is Cl.O=C(CC1CCCC1)NCC1CCCN1. The molecule has 1 unspecified atom stereocenters.